The molecule has 2 aliphatic rings. The van der Waals surface area contributed by atoms with Gasteiger partial charge in [-0.2, -0.15) is 11.3 Å². The van der Waals surface area contributed by atoms with Gasteiger partial charge in [-0.1, -0.05) is 19.3 Å². The van der Waals surface area contributed by atoms with Gasteiger partial charge in [0.15, 0.2) is 5.17 Å². The van der Waals surface area contributed by atoms with Crippen molar-refractivity contribution < 1.29 is 4.79 Å². The Morgan fingerprint density at radius 2 is 2.16 bits per heavy atom. The highest BCUT2D eigenvalue weighted by atomic mass is 32.2. The van der Waals surface area contributed by atoms with Crippen LogP contribution in [0.1, 0.15) is 37.7 Å². The zero-order chi connectivity index (χ0) is 13.1. The Morgan fingerprint density at radius 1 is 1.32 bits per heavy atom. The molecule has 0 aromatic carbocycles. The van der Waals surface area contributed by atoms with E-state index >= 15 is 0 Å². The van der Waals surface area contributed by atoms with Gasteiger partial charge in [0, 0.05) is 0 Å². The van der Waals surface area contributed by atoms with Crippen LogP contribution in [0.5, 0.6) is 0 Å². The summed E-state index contributed by atoms with van der Waals surface area (Å²) in [6.45, 7) is 0. The number of hydrogen-bond acceptors (Lipinski definition) is 4. The summed E-state index contributed by atoms with van der Waals surface area (Å²) in [5, 5.41) is 7.70. The lowest BCUT2D eigenvalue weighted by Gasteiger charge is -2.17. The van der Waals surface area contributed by atoms with Crippen LogP contribution in [-0.2, 0) is 4.79 Å². The molecule has 2 fully saturated rings. The summed E-state index contributed by atoms with van der Waals surface area (Å²) in [4.78, 5) is 17.3. The smallest absolute Gasteiger partial charge is 0.264 e. The van der Waals surface area contributed by atoms with Crippen LogP contribution >= 0.6 is 23.1 Å². The zero-order valence-corrected chi connectivity index (χ0v) is 12.2. The number of nitrogens with one attached hydrogen (secondary N) is 1. The zero-order valence-electron chi connectivity index (χ0n) is 10.6. The van der Waals surface area contributed by atoms with E-state index in [0.717, 1.165) is 28.5 Å². The van der Waals surface area contributed by atoms with Gasteiger partial charge in [0.25, 0.3) is 5.91 Å². The Bertz CT molecular complexity index is 514. The third-order valence-corrected chi connectivity index (χ3v) is 4.99. The summed E-state index contributed by atoms with van der Waals surface area (Å²) >= 11 is 3.10. The summed E-state index contributed by atoms with van der Waals surface area (Å²) in [6.07, 6.45) is 8.09. The maximum atomic E-state index is 11.9. The Balaban J connectivity index is 1.70. The van der Waals surface area contributed by atoms with Crippen LogP contribution in [0, 0.1) is 0 Å². The van der Waals surface area contributed by atoms with Gasteiger partial charge in [-0.25, -0.2) is 0 Å². The fourth-order valence-electron chi connectivity index (χ4n) is 2.37. The molecule has 2 heterocycles. The highest BCUT2D eigenvalue weighted by Crippen LogP contribution is 2.28. The van der Waals surface area contributed by atoms with Crippen molar-refractivity contribution in [1.82, 2.24) is 5.32 Å². The summed E-state index contributed by atoms with van der Waals surface area (Å²) < 4.78 is 0. The second-order valence-electron chi connectivity index (χ2n) is 4.85. The number of aliphatic imine (C=N–C) groups is 1. The highest BCUT2D eigenvalue weighted by Gasteiger charge is 2.25. The molecule has 1 aromatic rings. The Hall–Kier alpha value is -1.07. The molecule has 1 amide bonds. The fraction of sp³-hybridized carbons (Fsp3) is 0.429. The van der Waals surface area contributed by atoms with Crippen LogP contribution in [0.2, 0.25) is 0 Å². The minimum absolute atomic E-state index is 0.0224. The molecule has 1 N–H and O–H groups in total. The minimum Gasteiger partial charge on any atom is -0.301 e. The first-order chi connectivity index (χ1) is 9.31. The predicted octanol–water partition coefficient (Wildman–Crippen LogP) is 3.64. The first-order valence-electron chi connectivity index (χ1n) is 6.62. The van der Waals surface area contributed by atoms with Crippen molar-refractivity contribution in [2.24, 2.45) is 4.99 Å². The maximum Gasteiger partial charge on any atom is 0.264 e. The average molecular weight is 292 g/mol. The molecular weight excluding hydrogens is 276 g/mol. The number of thiophene rings is 1. The molecule has 3 nitrogen and oxygen atoms in total. The summed E-state index contributed by atoms with van der Waals surface area (Å²) in [5.74, 6) is -0.0224. The molecule has 3 rings (SSSR count). The van der Waals surface area contributed by atoms with E-state index in [2.05, 4.69) is 10.3 Å². The second-order valence-corrected chi connectivity index (χ2v) is 6.66. The lowest BCUT2D eigenvalue weighted by Crippen LogP contribution is -2.22. The van der Waals surface area contributed by atoms with E-state index in [1.54, 1.807) is 11.3 Å². The summed E-state index contributed by atoms with van der Waals surface area (Å²) in [7, 11) is 0. The molecule has 0 unspecified atom stereocenters. The molecule has 1 aromatic heterocycles. The number of amides is 1. The van der Waals surface area contributed by atoms with Crippen molar-refractivity contribution in [2.45, 2.75) is 38.1 Å². The van der Waals surface area contributed by atoms with Gasteiger partial charge < -0.3 is 5.32 Å². The fourth-order valence-corrected chi connectivity index (χ4v) is 3.88. The number of nitrogens with zero attached hydrogens (tertiary/aromatic N) is 1. The Labute approximate surface area is 121 Å². The molecule has 1 aliphatic heterocycles. The molecule has 0 spiro atoms. The number of amidine groups is 1. The molecule has 5 heteroatoms. The Morgan fingerprint density at radius 3 is 2.89 bits per heavy atom. The average Bonchev–Trinajstić information content (AvgIpc) is 3.02. The van der Waals surface area contributed by atoms with Crippen LogP contribution in [0.15, 0.2) is 26.7 Å². The van der Waals surface area contributed by atoms with Gasteiger partial charge in [-0.15, -0.1) is 0 Å². The van der Waals surface area contributed by atoms with E-state index in [0.29, 0.717) is 6.04 Å². The molecule has 0 radical (unpaired) electrons. The van der Waals surface area contributed by atoms with Crippen LogP contribution in [0.25, 0.3) is 6.08 Å². The van der Waals surface area contributed by atoms with Crippen molar-refractivity contribution >= 4 is 40.2 Å². The third-order valence-electron chi connectivity index (χ3n) is 3.37. The summed E-state index contributed by atoms with van der Waals surface area (Å²) in [6, 6.07) is 2.42. The maximum absolute atomic E-state index is 11.9. The predicted molar refractivity (Wildman–Crippen MR) is 82.3 cm³/mol. The molecule has 0 bridgehead atoms. The van der Waals surface area contributed by atoms with E-state index in [9.17, 15) is 4.79 Å². The largest absolute Gasteiger partial charge is 0.301 e. The van der Waals surface area contributed by atoms with Crippen LogP contribution < -0.4 is 5.32 Å². The summed E-state index contributed by atoms with van der Waals surface area (Å²) in [5.41, 5.74) is 1.08. The van der Waals surface area contributed by atoms with Gasteiger partial charge >= 0.3 is 0 Å². The number of rotatable bonds is 2. The van der Waals surface area contributed by atoms with Crippen molar-refractivity contribution in [2.75, 3.05) is 0 Å². The standard InChI is InChI=1S/C14H16N2OS2/c17-13-12(8-10-6-7-18-9-10)19-14(16-13)15-11-4-2-1-3-5-11/h6-9,11H,1-5H2,(H,15,16,17). The molecule has 1 saturated heterocycles. The van der Waals surface area contributed by atoms with E-state index in [-0.39, 0.29) is 5.91 Å². The van der Waals surface area contributed by atoms with Crippen LogP contribution in [-0.4, -0.2) is 17.1 Å². The first-order valence-corrected chi connectivity index (χ1v) is 8.38. The molecule has 1 saturated carbocycles. The van der Waals surface area contributed by atoms with E-state index in [1.807, 2.05) is 22.9 Å². The van der Waals surface area contributed by atoms with E-state index in [4.69, 9.17) is 0 Å². The van der Waals surface area contributed by atoms with E-state index < -0.39 is 0 Å². The van der Waals surface area contributed by atoms with Crippen molar-refractivity contribution in [3.05, 3.63) is 27.3 Å². The monoisotopic (exact) mass is 292 g/mol. The number of carbonyl (C=O) groups is 1. The van der Waals surface area contributed by atoms with Crippen molar-refractivity contribution in [3.8, 4) is 0 Å². The lowest BCUT2D eigenvalue weighted by atomic mass is 9.96. The molecule has 0 atom stereocenters. The number of hydrogen-bond donors (Lipinski definition) is 1. The minimum atomic E-state index is -0.0224. The second kappa shape index (κ2) is 5.92. The van der Waals surface area contributed by atoms with Crippen molar-refractivity contribution in [3.63, 3.8) is 0 Å². The van der Waals surface area contributed by atoms with Crippen LogP contribution in [0.3, 0.4) is 0 Å². The molecule has 100 valence electrons. The number of carbonyl (C=O) groups excluding carboxylic acids is 1. The van der Waals surface area contributed by atoms with Gasteiger partial charge in [0.05, 0.1) is 10.9 Å². The molecular formula is C14H16N2OS2. The molecule has 1 aliphatic carbocycles. The molecule has 19 heavy (non-hydrogen) atoms. The van der Waals surface area contributed by atoms with Gasteiger partial charge in [0.1, 0.15) is 0 Å². The quantitative estimate of drug-likeness (QED) is 0.846. The van der Waals surface area contributed by atoms with Crippen molar-refractivity contribution in [1.29, 1.82) is 0 Å². The number of thioether (sulfide) groups is 1. The third kappa shape index (κ3) is 3.28. The lowest BCUT2D eigenvalue weighted by molar-refractivity contribution is -0.115. The SMILES string of the molecule is O=C1NC(=NC2CCCCC2)SC1=Cc1ccsc1. The normalized spacial score (nSPS) is 25.2. The highest BCUT2D eigenvalue weighted by molar-refractivity contribution is 8.18. The Kier molecular flexibility index (Phi) is 4.03. The van der Waals surface area contributed by atoms with Crippen LogP contribution in [0.4, 0.5) is 0 Å². The van der Waals surface area contributed by atoms with Gasteiger partial charge in [-0.3, -0.25) is 9.79 Å². The van der Waals surface area contributed by atoms with E-state index in [1.165, 1.54) is 31.0 Å². The first kappa shape index (κ1) is 12.9. The van der Waals surface area contributed by atoms with Gasteiger partial charge in [-0.05, 0) is 53.1 Å². The topological polar surface area (TPSA) is 41.5 Å². The van der Waals surface area contributed by atoms with Gasteiger partial charge in [0.2, 0.25) is 0 Å².